The summed E-state index contributed by atoms with van der Waals surface area (Å²) >= 11 is 7.84. The molecule has 5 heteroatoms. The highest BCUT2D eigenvalue weighted by molar-refractivity contribution is 7.07. The maximum absolute atomic E-state index is 6.26. The summed E-state index contributed by atoms with van der Waals surface area (Å²) in [6.07, 6.45) is 2.53. The zero-order valence-electron chi connectivity index (χ0n) is 10.4. The van der Waals surface area contributed by atoms with E-state index in [9.17, 15) is 0 Å². The fourth-order valence-electron chi connectivity index (χ4n) is 1.84. The second-order valence-electron chi connectivity index (χ2n) is 4.64. The van der Waals surface area contributed by atoms with Crippen LogP contribution in [0.2, 0.25) is 5.02 Å². The molecule has 0 atom stereocenters. The number of benzene rings is 1. The zero-order valence-corrected chi connectivity index (χ0v) is 12.0. The van der Waals surface area contributed by atoms with Crippen molar-refractivity contribution in [3.8, 4) is 5.75 Å². The lowest BCUT2D eigenvalue weighted by molar-refractivity contribution is 0.298. The average Bonchev–Trinajstić information content (AvgIpc) is 3.09. The Kier molecular flexibility index (Phi) is 4.01. The first kappa shape index (κ1) is 12.9. The van der Waals surface area contributed by atoms with Gasteiger partial charge in [-0.15, -0.1) is 11.3 Å². The van der Waals surface area contributed by atoms with Gasteiger partial charge in [0.2, 0.25) is 0 Å². The van der Waals surface area contributed by atoms with Crippen molar-refractivity contribution in [3.05, 3.63) is 45.4 Å². The predicted octanol–water partition coefficient (Wildman–Crippen LogP) is 3.63. The van der Waals surface area contributed by atoms with Gasteiger partial charge in [0.1, 0.15) is 12.4 Å². The van der Waals surface area contributed by atoms with Crippen LogP contribution >= 0.6 is 22.9 Å². The van der Waals surface area contributed by atoms with Gasteiger partial charge in [-0.05, 0) is 25.0 Å². The molecule has 1 aromatic carbocycles. The smallest absolute Gasteiger partial charge is 0.131 e. The Morgan fingerprint density at radius 1 is 1.42 bits per heavy atom. The molecule has 1 N–H and O–H groups in total. The van der Waals surface area contributed by atoms with Gasteiger partial charge in [0, 0.05) is 28.6 Å². The second kappa shape index (κ2) is 5.90. The van der Waals surface area contributed by atoms with E-state index in [4.69, 9.17) is 16.3 Å². The van der Waals surface area contributed by atoms with Gasteiger partial charge in [-0.1, -0.05) is 17.7 Å². The van der Waals surface area contributed by atoms with E-state index in [1.54, 1.807) is 11.3 Å². The first-order valence-electron chi connectivity index (χ1n) is 6.33. The van der Waals surface area contributed by atoms with Gasteiger partial charge in [-0.2, -0.15) is 0 Å². The number of nitrogens with one attached hydrogen (secondary N) is 1. The molecule has 0 saturated heterocycles. The van der Waals surface area contributed by atoms with Gasteiger partial charge in [0.05, 0.1) is 11.2 Å². The quantitative estimate of drug-likeness (QED) is 0.883. The van der Waals surface area contributed by atoms with Crippen LogP contribution in [0.5, 0.6) is 5.75 Å². The van der Waals surface area contributed by atoms with Crippen LogP contribution in [0.15, 0.2) is 29.1 Å². The third-order valence-electron chi connectivity index (χ3n) is 3.08. The van der Waals surface area contributed by atoms with E-state index >= 15 is 0 Å². The molecular weight excluding hydrogens is 280 g/mol. The van der Waals surface area contributed by atoms with Crippen LogP contribution in [-0.4, -0.2) is 11.0 Å². The van der Waals surface area contributed by atoms with Crippen molar-refractivity contribution in [2.45, 2.75) is 32.0 Å². The van der Waals surface area contributed by atoms with Crippen LogP contribution in [0, 0.1) is 0 Å². The number of thiazole rings is 1. The molecule has 0 aliphatic heterocycles. The highest BCUT2D eigenvalue weighted by atomic mass is 35.5. The predicted molar refractivity (Wildman–Crippen MR) is 77.8 cm³/mol. The van der Waals surface area contributed by atoms with Crippen LogP contribution in [0.4, 0.5) is 0 Å². The topological polar surface area (TPSA) is 34.1 Å². The lowest BCUT2D eigenvalue weighted by Crippen LogP contribution is -2.16. The van der Waals surface area contributed by atoms with Crippen LogP contribution < -0.4 is 10.1 Å². The molecule has 0 amide bonds. The number of aromatic nitrogens is 1. The fraction of sp³-hybridized carbons (Fsp3) is 0.357. The minimum absolute atomic E-state index is 0.486. The molecule has 1 aromatic heterocycles. The maximum Gasteiger partial charge on any atom is 0.131 e. The number of nitrogens with zero attached hydrogens (tertiary/aromatic N) is 1. The SMILES string of the molecule is Clc1cccc(OCc2cscn2)c1CNC1CC1. The van der Waals surface area contributed by atoms with E-state index in [1.807, 2.05) is 29.1 Å². The van der Waals surface area contributed by atoms with Crippen molar-refractivity contribution in [1.29, 1.82) is 0 Å². The molecule has 1 heterocycles. The van der Waals surface area contributed by atoms with Gasteiger partial charge >= 0.3 is 0 Å². The number of ether oxygens (including phenoxy) is 1. The Morgan fingerprint density at radius 2 is 2.32 bits per heavy atom. The van der Waals surface area contributed by atoms with Crippen molar-refractivity contribution >= 4 is 22.9 Å². The van der Waals surface area contributed by atoms with Crippen molar-refractivity contribution in [2.75, 3.05) is 0 Å². The highest BCUT2D eigenvalue weighted by Gasteiger charge is 2.21. The summed E-state index contributed by atoms with van der Waals surface area (Å²) in [5.74, 6) is 0.841. The summed E-state index contributed by atoms with van der Waals surface area (Å²) in [6, 6.07) is 6.44. The molecule has 0 bridgehead atoms. The third kappa shape index (κ3) is 3.47. The summed E-state index contributed by atoms with van der Waals surface area (Å²) in [4.78, 5) is 4.21. The van der Waals surface area contributed by atoms with E-state index in [2.05, 4.69) is 10.3 Å². The largest absolute Gasteiger partial charge is 0.487 e. The first-order chi connectivity index (χ1) is 9.33. The monoisotopic (exact) mass is 294 g/mol. The molecule has 1 fully saturated rings. The Bertz CT molecular complexity index is 540. The molecule has 3 nitrogen and oxygen atoms in total. The summed E-state index contributed by atoms with van der Waals surface area (Å²) in [6.45, 7) is 1.25. The molecule has 1 aliphatic carbocycles. The second-order valence-corrected chi connectivity index (χ2v) is 5.77. The third-order valence-corrected chi connectivity index (χ3v) is 4.07. The number of hydrogen-bond donors (Lipinski definition) is 1. The van der Waals surface area contributed by atoms with E-state index in [-0.39, 0.29) is 0 Å². The molecule has 0 unspecified atom stereocenters. The Hall–Kier alpha value is -1.10. The summed E-state index contributed by atoms with van der Waals surface area (Å²) < 4.78 is 5.83. The van der Waals surface area contributed by atoms with Crippen LogP contribution in [0.25, 0.3) is 0 Å². The van der Waals surface area contributed by atoms with Crippen LogP contribution in [0.3, 0.4) is 0 Å². The van der Waals surface area contributed by atoms with Crippen molar-refractivity contribution in [1.82, 2.24) is 10.3 Å². The normalized spacial score (nSPS) is 14.6. The molecular formula is C14H15ClN2OS. The Morgan fingerprint density at radius 3 is 3.05 bits per heavy atom. The van der Waals surface area contributed by atoms with Gasteiger partial charge < -0.3 is 10.1 Å². The Labute approximate surface area is 121 Å². The highest BCUT2D eigenvalue weighted by Crippen LogP contribution is 2.28. The van der Waals surface area contributed by atoms with Gasteiger partial charge in [-0.25, -0.2) is 4.98 Å². The Balaban J connectivity index is 1.69. The van der Waals surface area contributed by atoms with E-state index in [0.29, 0.717) is 12.6 Å². The molecule has 0 spiro atoms. The lowest BCUT2D eigenvalue weighted by atomic mass is 10.2. The number of rotatable bonds is 6. The summed E-state index contributed by atoms with van der Waals surface area (Å²) in [5, 5.41) is 6.22. The van der Waals surface area contributed by atoms with Crippen LogP contribution in [0.1, 0.15) is 24.1 Å². The molecule has 1 saturated carbocycles. The minimum Gasteiger partial charge on any atom is -0.487 e. The van der Waals surface area contributed by atoms with Crippen molar-refractivity contribution < 1.29 is 4.74 Å². The lowest BCUT2D eigenvalue weighted by Gasteiger charge is -2.13. The minimum atomic E-state index is 0.486. The zero-order chi connectivity index (χ0) is 13.1. The number of halogens is 1. The fourth-order valence-corrected chi connectivity index (χ4v) is 2.62. The molecule has 3 rings (SSSR count). The maximum atomic E-state index is 6.26. The number of hydrogen-bond acceptors (Lipinski definition) is 4. The molecule has 0 radical (unpaired) electrons. The molecule has 2 aromatic rings. The van der Waals surface area contributed by atoms with Crippen molar-refractivity contribution in [3.63, 3.8) is 0 Å². The van der Waals surface area contributed by atoms with Gasteiger partial charge in [-0.3, -0.25) is 0 Å². The van der Waals surface area contributed by atoms with E-state index in [0.717, 1.165) is 28.6 Å². The van der Waals surface area contributed by atoms with Gasteiger partial charge in [0.25, 0.3) is 0 Å². The van der Waals surface area contributed by atoms with Crippen molar-refractivity contribution in [2.24, 2.45) is 0 Å². The van der Waals surface area contributed by atoms with Gasteiger partial charge in [0.15, 0.2) is 0 Å². The van der Waals surface area contributed by atoms with E-state index < -0.39 is 0 Å². The summed E-state index contributed by atoms with van der Waals surface area (Å²) in [7, 11) is 0. The standard InChI is InChI=1S/C14H15ClN2OS/c15-13-2-1-3-14(12(13)6-16-10-4-5-10)18-7-11-8-19-9-17-11/h1-3,8-10,16H,4-7H2. The van der Waals surface area contributed by atoms with Crippen LogP contribution in [-0.2, 0) is 13.2 Å². The van der Waals surface area contributed by atoms with E-state index in [1.165, 1.54) is 12.8 Å². The molecule has 1 aliphatic rings. The molecule has 19 heavy (non-hydrogen) atoms. The molecule has 100 valence electrons. The first-order valence-corrected chi connectivity index (χ1v) is 7.65. The summed E-state index contributed by atoms with van der Waals surface area (Å²) in [5.41, 5.74) is 3.80. The average molecular weight is 295 g/mol.